The zero-order valence-corrected chi connectivity index (χ0v) is 20.2. The van der Waals surface area contributed by atoms with Crippen LogP contribution < -0.4 is 10.1 Å². The average Bonchev–Trinajstić information content (AvgIpc) is 3.25. The largest absolute Gasteiger partial charge is 0.490 e. The Morgan fingerprint density at radius 2 is 1.88 bits per heavy atom. The van der Waals surface area contributed by atoms with Gasteiger partial charge in [0.25, 0.3) is 0 Å². The molecule has 11 heteroatoms. The first-order valence-electron chi connectivity index (χ1n) is 10.4. The van der Waals surface area contributed by atoms with E-state index in [1.807, 2.05) is 32.0 Å². The zero-order chi connectivity index (χ0) is 25.0. The predicted octanol–water partition coefficient (Wildman–Crippen LogP) is 5.90. The number of aromatic nitrogens is 2. The Kier molecular flexibility index (Phi) is 8.17. The lowest BCUT2D eigenvalue weighted by molar-refractivity contribution is -0.192. The number of nitrogens with zero attached hydrogens (tertiary/aromatic N) is 2. The molecule has 34 heavy (non-hydrogen) atoms. The molecule has 1 aliphatic heterocycles. The normalized spacial score (nSPS) is 13.2. The number of hydrogen-bond donors (Lipinski definition) is 2. The first kappa shape index (κ1) is 25.9. The Balaban J connectivity index is 0.000000406. The third-order valence-corrected chi connectivity index (χ3v) is 6.30. The second kappa shape index (κ2) is 10.7. The summed E-state index contributed by atoms with van der Waals surface area (Å²) in [5.74, 6) is -2.06. The van der Waals surface area contributed by atoms with E-state index in [1.165, 1.54) is 22.3 Å². The Morgan fingerprint density at radius 1 is 1.21 bits per heavy atom. The number of fused-ring (bicyclic) bond motifs is 1. The van der Waals surface area contributed by atoms with Gasteiger partial charge in [0.2, 0.25) is 0 Å². The van der Waals surface area contributed by atoms with E-state index in [2.05, 4.69) is 34.6 Å². The molecule has 0 bridgehead atoms. The van der Waals surface area contributed by atoms with Gasteiger partial charge in [0.15, 0.2) is 0 Å². The lowest BCUT2D eigenvalue weighted by Crippen LogP contribution is -2.24. The zero-order valence-electron chi connectivity index (χ0n) is 18.7. The van der Waals surface area contributed by atoms with E-state index in [0.29, 0.717) is 10.8 Å². The molecule has 0 aliphatic carbocycles. The van der Waals surface area contributed by atoms with Gasteiger partial charge < -0.3 is 15.2 Å². The fourth-order valence-corrected chi connectivity index (χ4v) is 4.57. The second-order valence-electron chi connectivity index (χ2n) is 7.83. The van der Waals surface area contributed by atoms with Gasteiger partial charge in [-0.25, -0.2) is 4.79 Å². The number of alkyl halides is 3. The number of carboxylic acid groups (broad SMARTS) is 1. The van der Waals surface area contributed by atoms with Crippen molar-refractivity contribution in [2.75, 3.05) is 6.54 Å². The lowest BCUT2D eigenvalue weighted by Gasteiger charge is -2.20. The van der Waals surface area contributed by atoms with E-state index in [0.717, 1.165) is 35.1 Å². The van der Waals surface area contributed by atoms with Crippen LogP contribution in [0.5, 0.6) is 5.75 Å². The van der Waals surface area contributed by atoms with Crippen LogP contribution >= 0.6 is 22.9 Å². The van der Waals surface area contributed by atoms with Crippen molar-refractivity contribution in [3.05, 3.63) is 52.0 Å². The van der Waals surface area contributed by atoms with Gasteiger partial charge in [-0.05, 0) is 68.6 Å². The molecule has 1 aromatic heterocycles. The molecule has 0 atom stereocenters. The van der Waals surface area contributed by atoms with Gasteiger partial charge in [-0.2, -0.15) is 13.2 Å². The van der Waals surface area contributed by atoms with Gasteiger partial charge in [0.1, 0.15) is 15.8 Å². The first-order valence-corrected chi connectivity index (χ1v) is 11.6. The molecule has 4 rings (SSSR count). The van der Waals surface area contributed by atoms with Gasteiger partial charge in [-0.1, -0.05) is 35.1 Å². The van der Waals surface area contributed by atoms with Crippen LogP contribution in [0.4, 0.5) is 13.2 Å². The average molecular weight is 514 g/mol. The number of benzene rings is 2. The Labute approximate surface area is 203 Å². The Bertz CT molecular complexity index is 1180. The minimum absolute atomic E-state index is 0.0867. The van der Waals surface area contributed by atoms with Crippen LogP contribution in [0, 0.1) is 6.92 Å². The van der Waals surface area contributed by atoms with Crippen molar-refractivity contribution in [2.24, 2.45) is 0 Å². The number of hydrogen-bond acceptors (Lipinski definition) is 6. The van der Waals surface area contributed by atoms with E-state index in [-0.39, 0.29) is 6.10 Å². The topological polar surface area (TPSA) is 84.3 Å². The second-order valence-corrected chi connectivity index (χ2v) is 9.21. The highest BCUT2D eigenvalue weighted by Gasteiger charge is 2.38. The van der Waals surface area contributed by atoms with Crippen LogP contribution in [-0.2, 0) is 17.8 Å². The van der Waals surface area contributed by atoms with Gasteiger partial charge in [0.05, 0.1) is 11.1 Å². The molecule has 0 fully saturated rings. The minimum atomic E-state index is -5.08. The quantitative estimate of drug-likeness (QED) is 0.452. The summed E-state index contributed by atoms with van der Waals surface area (Å²) in [4.78, 5) is 8.90. The standard InChI is InChI=1S/C21H22ClN3OS.C2HF3O2/c1-12(2)26-19-7-5-14(10-18(19)22)20-24-25-21(27-20)17-6-4-15-11-23-9-8-16(15)13(17)3;3-2(4,5)1(6)7/h4-7,10,12,23H,8-9,11H2,1-3H3;(H,6,7). The maximum atomic E-state index is 10.6. The summed E-state index contributed by atoms with van der Waals surface area (Å²) in [6.45, 7) is 8.13. The molecular formula is C23H23ClF3N3O3S. The fourth-order valence-electron chi connectivity index (χ4n) is 3.43. The number of ether oxygens (including phenoxy) is 1. The molecule has 0 amide bonds. The molecule has 0 unspecified atom stereocenters. The predicted molar refractivity (Wildman–Crippen MR) is 125 cm³/mol. The van der Waals surface area contributed by atoms with Crippen molar-refractivity contribution >= 4 is 28.9 Å². The molecular weight excluding hydrogens is 491 g/mol. The Hall–Kier alpha value is -2.69. The third-order valence-electron chi connectivity index (χ3n) is 5.00. The molecule has 2 heterocycles. The number of carboxylic acids is 1. The van der Waals surface area contributed by atoms with Gasteiger partial charge >= 0.3 is 12.1 Å². The summed E-state index contributed by atoms with van der Waals surface area (Å²) in [6, 6.07) is 10.2. The lowest BCUT2D eigenvalue weighted by atomic mass is 9.93. The number of carbonyl (C=O) groups is 1. The first-order chi connectivity index (χ1) is 16.0. The molecule has 182 valence electrons. The van der Waals surface area contributed by atoms with Crippen LogP contribution in [0.25, 0.3) is 21.1 Å². The number of halogens is 4. The summed E-state index contributed by atoms with van der Waals surface area (Å²) in [7, 11) is 0. The maximum absolute atomic E-state index is 10.6. The molecule has 2 N–H and O–H groups in total. The van der Waals surface area contributed by atoms with Crippen molar-refractivity contribution in [3.63, 3.8) is 0 Å². The van der Waals surface area contributed by atoms with Crippen molar-refractivity contribution < 1.29 is 27.8 Å². The van der Waals surface area contributed by atoms with E-state index >= 15 is 0 Å². The fraction of sp³-hybridized carbons (Fsp3) is 0.348. The Morgan fingerprint density at radius 3 is 2.50 bits per heavy atom. The molecule has 0 radical (unpaired) electrons. The van der Waals surface area contributed by atoms with E-state index in [9.17, 15) is 13.2 Å². The van der Waals surface area contributed by atoms with Crippen LogP contribution in [-0.4, -0.2) is 40.1 Å². The van der Waals surface area contributed by atoms with Crippen molar-refractivity contribution in [2.45, 2.75) is 46.0 Å². The van der Waals surface area contributed by atoms with Gasteiger partial charge in [0, 0.05) is 17.7 Å². The highest BCUT2D eigenvalue weighted by molar-refractivity contribution is 7.17. The molecule has 0 saturated heterocycles. The van der Waals surface area contributed by atoms with Crippen molar-refractivity contribution in [3.8, 4) is 26.9 Å². The van der Waals surface area contributed by atoms with Crippen LogP contribution in [0.15, 0.2) is 30.3 Å². The molecule has 1 aliphatic rings. The monoisotopic (exact) mass is 513 g/mol. The van der Waals surface area contributed by atoms with E-state index < -0.39 is 12.1 Å². The SMILES string of the molecule is Cc1c(-c2nnc(-c3ccc(OC(C)C)c(Cl)c3)s2)ccc2c1CCNC2.O=C(O)C(F)(F)F. The molecule has 3 aromatic rings. The third kappa shape index (κ3) is 6.25. The molecule has 0 spiro atoms. The summed E-state index contributed by atoms with van der Waals surface area (Å²) < 4.78 is 37.4. The summed E-state index contributed by atoms with van der Waals surface area (Å²) >= 11 is 7.97. The molecule has 0 saturated carbocycles. The van der Waals surface area contributed by atoms with E-state index in [4.69, 9.17) is 26.2 Å². The molecule has 2 aromatic carbocycles. The van der Waals surface area contributed by atoms with Crippen LogP contribution in [0.1, 0.15) is 30.5 Å². The smallest absolute Gasteiger partial charge is 0.489 e. The van der Waals surface area contributed by atoms with Crippen molar-refractivity contribution in [1.29, 1.82) is 0 Å². The minimum Gasteiger partial charge on any atom is -0.489 e. The van der Waals surface area contributed by atoms with Gasteiger partial charge in [-0.15, -0.1) is 10.2 Å². The van der Waals surface area contributed by atoms with Crippen molar-refractivity contribution in [1.82, 2.24) is 15.5 Å². The number of nitrogens with one attached hydrogen (secondary N) is 1. The number of aliphatic carboxylic acids is 1. The van der Waals surface area contributed by atoms with Crippen LogP contribution in [0.2, 0.25) is 5.02 Å². The highest BCUT2D eigenvalue weighted by Crippen LogP contribution is 2.36. The summed E-state index contributed by atoms with van der Waals surface area (Å²) in [5, 5.41) is 21.8. The van der Waals surface area contributed by atoms with E-state index in [1.54, 1.807) is 11.3 Å². The van der Waals surface area contributed by atoms with Crippen LogP contribution in [0.3, 0.4) is 0 Å². The summed E-state index contributed by atoms with van der Waals surface area (Å²) in [5.41, 5.74) is 6.28. The highest BCUT2D eigenvalue weighted by atomic mass is 35.5. The maximum Gasteiger partial charge on any atom is 0.490 e. The summed E-state index contributed by atoms with van der Waals surface area (Å²) in [6.07, 6.45) is -3.93. The van der Waals surface area contributed by atoms with Gasteiger partial charge in [-0.3, -0.25) is 0 Å². The number of rotatable bonds is 4. The molecule has 6 nitrogen and oxygen atoms in total.